The third-order valence-corrected chi connectivity index (χ3v) is 4.89. The lowest BCUT2D eigenvalue weighted by Gasteiger charge is -2.31. The highest BCUT2D eigenvalue weighted by Crippen LogP contribution is 2.36. The molecule has 0 bridgehead atoms. The molecule has 4 heteroatoms. The van der Waals surface area contributed by atoms with Gasteiger partial charge in [0.1, 0.15) is 0 Å². The summed E-state index contributed by atoms with van der Waals surface area (Å²) in [7, 11) is 0. The third-order valence-electron chi connectivity index (χ3n) is 3.82. The minimum atomic E-state index is 0. The van der Waals surface area contributed by atoms with Crippen LogP contribution in [0.15, 0.2) is 52.3 Å². The molecule has 2 aromatic rings. The van der Waals surface area contributed by atoms with Crippen LogP contribution in [0.3, 0.4) is 0 Å². The van der Waals surface area contributed by atoms with Gasteiger partial charge in [0.25, 0.3) is 0 Å². The Morgan fingerprint density at radius 3 is 2.23 bits per heavy atom. The van der Waals surface area contributed by atoms with Crippen LogP contribution in [0, 0.1) is 13.8 Å². The van der Waals surface area contributed by atoms with Crippen LogP contribution in [0.25, 0.3) is 0 Å². The highest BCUT2D eigenvalue weighted by atomic mass is 35.5. The van der Waals surface area contributed by atoms with Gasteiger partial charge >= 0.3 is 0 Å². The summed E-state index contributed by atoms with van der Waals surface area (Å²) in [4.78, 5) is 5.16. The summed E-state index contributed by atoms with van der Waals surface area (Å²) in [5.74, 6) is 0. The van der Waals surface area contributed by atoms with E-state index >= 15 is 0 Å². The van der Waals surface area contributed by atoms with E-state index < -0.39 is 0 Å². The second-order valence-corrected chi connectivity index (χ2v) is 6.74. The Kier molecular flexibility index (Phi) is 6.18. The fourth-order valence-electron chi connectivity index (χ4n) is 2.60. The molecular formula is C18H23ClN2S. The van der Waals surface area contributed by atoms with Gasteiger partial charge in [0.05, 0.1) is 5.69 Å². The van der Waals surface area contributed by atoms with E-state index in [2.05, 4.69) is 66.5 Å². The second-order valence-electron chi connectivity index (χ2n) is 5.62. The summed E-state index contributed by atoms with van der Waals surface area (Å²) < 4.78 is 0. The lowest BCUT2D eigenvalue weighted by molar-refractivity contribution is 0.587. The highest BCUT2D eigenvalue weighted by Gasteiger charge is 2.15. The fraction of sp³-hybridized carbons (Fsp3) is 0.333. The summed E-state index contributed by atoms with van der Waals surface area (Å²) >= 11 is 1.86. The summed E-state index contributed by atoms with van der Waals surface area (Å²) in [5, 5.41) is 3.43. The predicted octanol–water partition coefficient (Wildman–Crippen LogP) is 4.29. The van der Waals surface area contributed by atoms with E-state index in [4.69, 9.17) is 0 Å². The first-order chi connectivity index (χ1) is 10.2. The number of hydrogen-bond donors (Lipinski definition) is 1. The van der Waals surface area contributed by atoms with Crippen molar-refractivity contribution < 1.29 is 0 Å². The van der Waals surface area contributed by atoms with Crippen LogP contribution in [0.4, 0.5) is 5.69 Å². The monoisotopic (exact) mass is 334 g/mol. The van der Waals surface area contributed by atoms with E-state index in [0.29, 0.717) is 0 Å². The summed E-state index contributed by atoms with van der Waals surface area (Å²) in [6, 6.07) is 15.6. The van der Waals surface area contributed by atoms with Crippen molar-refractivity contribution in [2.24, 2.45) is 0 Å². The van der Waals surface area contributed by atoms with Crippen LogP contribution in [0.2, 0.25) is 0 Å². The van der Waals surface area contributed by atoms with Gasteiger partial charge in [-0.15, -0.1) is 12.4 Å². The minimum absolute atomic E-state index is 0. The molecule has 1 fully saturated rings. The van der Waals surface area contributed by atoms with Crippen molar-refractivity contribution in [3.8, 4) is 0 Å². The standard InChI is InChI=1S/C18H22N2S.ClH/c1-14-3-6-16(7-4-14)21-18-8-5-15(2)13-17(18)20-11-9-19-10-12-20;/h3-8,13,19H,9-12H2,1-2H3;1H. The molecule has 1 aliphatic rings. The lowest BCUT2D eigenvalue weighted by Crippen LogP contribution is -2.43. The van der Waals surface area contributed by atoms with Crippen LogP contribution in [-0.2, 0) is 0 Å². The van der Waals surface area contributed by atoms with E-state index in [0.717, 1.165) is 26.2 Å². The van der Waals surface area contributed by atoms with Gasteiger partial charge in [-0.1, -0.05) is 35.5 Å². The molecule has 0 atom stereocenters. The molecule has 0 aromatic heterocycles. The molecule has 1 N–H and O–H groups in total. The molecule has 0 saturated carbocycles. The summed E-state index contributed by atoms with van der Waals surface area (Å²) in [6.45, 7) is 8.62. The first kappa shape index (κ1) is 17.2. The number of benzene rings is 2. The molecule has 1 saturated heterocycles. The fourth-order valence-corrected chi connectivity index (χ4v) is 3.55. The van der Waals surface area contributed by atoms with Crippen molar-refractivity contribution in [3.05, 3.63) is 53.6 Å². The van der Waals surface area contributed by atoms with Crippen LogP contribution in [0.1, 0.15) is 11.1 Å². The highest BCUT2D eigenvalue weighted by molar-refractivity contribution is 7.99. The van der Waals surface area contributed by atoms with Crippen molar-refractivity contribution >= 4 is 29.9 Å². The smallest absolute Gasteiger partial charge is 0.0511 e. The topological polar surface area (TPSA) is 15.3 Å². The molecule has 2 nitrogen and oxygen atoms in total. The van der Waals surface area contributed by atoms with E-state index in [1.54, 1.807) is 0 Å². The third kappa shape index (κ3) is 4.19. The number of anilines is 1. The molecule has 2 aromatic carbocycles. The zero-order chi connectivity index (χ0) is 14.7. The van der Waals surface area contributed by atoms with Crippen LogP contribution in [-0.4, -0.2) is 26.2 Å². The van der Waals surface area contributed by atoms with E-state index in [1.807, 2.05) is 11.8 Å². The van der Waals surface area contributed by atoms with Gasteiger partial charge in [-0.3, -0.25) is 0 Å². The van der Waals surface area contributed by atoms with Crippen LogP contribution < -0.4 is 10.2 Å². The Morgan fingerprint density at radius 2 is 1.55 bits per heavy atom. The Hall–Kier alpha value is -1.16. The number of nitrogens with zero attached hydrogens (tertiary/aromatic N) is 1. The van der Waals surface area contributed by atoms with Crippen molar-refractivity contribution in [2.75, 3.05) is 31.1 Å². The molecular weight excluding hydrogens is 312 g/mol. The minimum Gasteiger partial charge on any atom is -0.368 e. The first-order valence-electron chi connectivity index (χ1n) is 7.53. The second kappa shape index (κ2) is 7.91. The quantitative estimate of drug-likeness (QED) is 0.901. The Balaban J connectivity index is 0.00000176. The number of hydrogen-bond acceptors (Lipinski definition) is 3. The molecule has 3 rings (SSSR count). The van der Waals surface area contributed by atoms with E-state index in [9.17, 15) is 0 Å². The molecule has 0 unspecified atom stereocenters. The molecule has 1 aliphatic heterocycles. The Morgan fingerprint density at radius 1 is 0.909 bits per heavy atom. The van der Waals surface area contributed by atoms with Gasteiger partial charge < -0.3 is 10.2 Å². The van der Waals surface area contributed by atoms with Gasteiger partial charge in [-0.05, 0) is 43.7 Å². The Labute approximate surface area is 143 Å². The maximum Gasteiger partial charge on any atom is 0.0511 e. The molecule has 1 heterocycles. The average Bonchev–Trinajstić information content (AvgIpc) is 2.52. The summed E-state index contributed by atoms with van der Waals surface area (Å²) in [5.41, 5.74) is 4.02. The molecule has 0 amide bonds. The maximum absolute atomic E-state index is 3.43. The van der Waals surface area contributed by atoms with Crippen molar-refractivity contribution in [1.29, 1.82) is 0 Å². The van der Waals surface area contributed by atoms with Gasteiger partial charge in [0.15, 0.2) is 0 Å². The van der Waals surface area contributed by atoms with Crippen molar-refractivity contribution in [3.63, 3.8) is 0 Å². The zero-order valence-electron chi connectivity index (χ0n) is 13.1. The van der Waals surface area contributed by atoms with Crippen LogP contribution >= 0.6 is 24.2 Å². The number of rotatable bonds is 3. The van der Waals surface area contributed by atoms with Crippen LogP contribution in [0.5, 0.6) is 0 Å². The lowest BCUT2D eigenvalue weighted by atomic mass is 10.2. The van der Waals surface area contributed by atoms with Crippen molar-refractivity contribution in [1.82, 2.24) is 5.32 Å². The molecule has 0 spiro atoms. The SMILES string of the molecule is Cc1ccc(Sc2ccc(C)cc2N2CCNCC2)cc1.Cl. The predicted molar refractivity (Wildman–Crippen MR) is 98.8 cm³/mol. The van der Waals surface area contributed by atoms with E-state index in [-0.39, 0.29) is 12.4 Å². The van der Waals surface area contributed by atoms with E-state index in [1.165, 1.54) is 26.6 Å². The van der Waals surface area contributed by atoms with Gasteiger partial charge in [-0.25, -0.2) is 0 Å². The molecule has 0 radical (unpaired) electrons. The van der Waals surface area contributed by atoms with Crippen molar-refractivity contribution in [2.45, 2.75) is 23.6 Å². The maximum atomic E-state index is 3.43. The number of piperazine rings is 1. The largest absolute Gasteiger partial charge is 0.368 e. The number of halogens is 1. The normalized spacial score (nSPS) is 14.5. The molecule has 0 aliphatic carbocycles. The number of aryl methyl sites for hydroxylation is 2. The van der Waals surface area contributed by atoms with Gasteiger partial charge in [-0.2, -0.15) is 0 Å². The number of nitrogens with one attached hydrogen (secondary N) is 1. The zero-order valence-corrected chi connectivity index (χ0v) is 14.8. The molecule has 22 heavy (non-hydrogen) atoms. The molecule has 118 valence electrons. The Bertz CT molecular complexity index is 607. The van der Waals surface area contributed by atoms with Gasteiger partial charge in [0.2, 0.25) is 0 Å². The van der Waals surface area contributed by atoms with Gasteiger partial charge in [0, 0.05) is 36.0 Å². The first-order valence-corrected chi connectivity index (χ1v) is 8.35. The summed E-state index contributed by atoms with van der Waals surface area (Å²) in [6.07, 6.45) is 0. The average molecular weight is 335 g/mol.